The molecule has 1 N–H and O–H groups in total. The van der Waals surface area contributed by atoms with Crippen molar-refractivity contribution in [3.05, 3.63) is 23.2 Å². The van der Waals surface area contributed by atoms with Crippen LogP contribution in [0.3, 0.4) is 0 Å². The summed E-state index contributed by atoms with van der Waals surface area (Å²) >= 11 is 5.42. The second kappa shape index (κ2) is 2.84. The third kappa shape index (κ3) is 1.36. The van der Waals surface area contributed by atoms with E-state index in [0.717, 1.165) is 0 Å². The Morgan fingerprint density at radius 3 is 2.90 bits per heavy atom. The standard InChI is InChI=1S/C6H6ClFN2/c1-9-4-2-5(7)6(8)10-3-4/h2-3,9H,1H3. The van der Waals surface area contributed by atoms with E-state index >= 15 is 0 Å². The molecule has 1 aromatic heterocycles. The number of pyridine rings is 1. The van der Waals surface area contributed by atoms with Crippen molar-refractivity contribution in [2.75, 3.05) is 12.4 Å². The Kier molecular flexibility index (Phi) is 2.06. The molecule has 0 aliphatic carbocycles. The van der Waals surface area contributed by atoms with Gasteiger partial charge in [0.15, 0.2) is 0 Å². The fraction of sp³-hybridized carbons (Fsp3) is 0.167. The van der Waals surface area contributed by atoms with Crippen molar-refractivity contribution < 1.29 is 4.39 Å². The molecular formula is C6H6ClFN2. The maximum atomic E-state index is 12.4. The number of nitrogens with one attached hydrogen (secondary N) is 1. The van der Waals surface area contributed by atoms with Crippen LogP contribution in [0.15, 0.2) is 12.3 Å². The van der Waals surface area contributed by atoms with E-state index in [-0.39, 0.29) is 5.02 Å². The Labute approximate surface area is 63.0 Å². The van der Waals surface area contributed by atoms with Gasteiger partial charge in [-0.2, -0.15) is 4.39 Å². The van der Waals surface area contributed by atoms with E-state index in [0.29, 0.717) is 5.69 Å². The summed E-state index contributed by atoms with van der Waals surface area (Å²) in [6.45, 7) is 0. The van der Waals surface area contributed by atoms with Crippen molar-refractivity contribution in [1.29, 1.82) is 0 Å². The maximum absolute atomic E-state index is 12.4. The lowest BCUT2D eigenvalue weighted by molar-refractivity contribution is 0.584. The first-order chi connectivity index (χ1) is 4.74. The van der Waals surface area contributed by atoms with Crippen molar-refractivity contribution in [3.63, 3.8) is 0 Å². The molecule has 0 saturated heterocycles. The molecule has 1 aromatic rings. The summed E-state index contributed by atoms with van der Waals surface area (Å²) in [7, 11) is 1.71. The van der Waals surface area contributed by atoms with Crippen molar-refractivity contribution >= 4 is 17.3 Å². The SMILES string of the molecule is CNc1cnc(F)c(Cl)c1. The summed E-state index contributed by atoms with van der Waals surface area (Å²) in [6, 6.07) is 1.48. The first kappa shape index (κ1) is 7.28. The highest BCUT2D eigenvalue weighted by molar-refractivity contribution is 6.30. The van der Waals surface area contributed by atoms with Crippen molar-refractivity contribution in [3.8, 4) is 0 Å². The molecule has 0 aromatic carbocycles. The van der Waals surface area contributed by atoms with Crippen molar-refractivity contribution in [1.82, 2.24) is 4.98 Å². The maximum Gasteiger partial charge on any atom is 0.231 e. The summed E-state index contributed by atoms with van der Waals surface area (Å²) in [5.74, 6) is -0.638. The van der Waals surface area contributed by atoms with E-state index in [2.05, 4.69) is 10.3 Å². The molecular weight excluding hydrogens is 155 g/mol. The van der Waals surface area contributed by atoms with Gasteiger partial charge in [0.25, 0.3) is 0 Å². The number of anilines is 1. The predicted molar refractivity (Wildman–Crippen MR) is 38.8 cm³/mol. The molecule has 1 rings (SSSR count). The van der Waals surface area contributed by atoms with Gasteiger partial charge in [-0.15, -0.1) is 0 Å². The predicted octanol–water partition coefficient (Wildman–Crippen LogP) is 1.92. The van der Waals surface area contributed by atoms with E-state index in [4.69, 9.17) is 11.6 Å². The summed E-state index contributed by atoms with van der Waals surface area (Å²) in [4.78, 5) is 3.39. The average Bonchev–Trinajstić information content (AvgIpc) is 1.95. The van der Waals surface area contributed by atoms with Gasteiger partial charge in [-0.1, -0.05) is 11.6 Å². The van der Waals surface area contributed by atoms with Gasteiger partial charge in [0, 0.05) is 7.05 Å². The number of rotatable bonds is 1. The van der Waals surface area contributed by atoms with E-state index < -0.39 is 5.95 Å². The van der Waals surface area contributed by atoms with Crippen LogP contribution in [0, 0.1) is 5.95 Å². The summed E-state index contributed by atoms with van der Waals surface area (Å²) in [6.07, 6.45) is 1.38. The van der Waals surface area contributed by atoms with Gasteiger partial charge < -0.3 is 5.32 Å². The van der Waals surface area contributed by atoms with Gasteiger partial charge in [0.1, 0.15) is 0 Å². The smallest absolute Gasteiger partial charge is 0.231 e. The number of nitrogens with zero attached hydrogens (tertiary/aromatic N) is 1. The molecule has 0 radical (unpaired) electrons. The van der Waals surface area contributed by atoms with Crippen LogP contribution in [0.2, 0.25) is 5.02 Å². The number of aromatic nitrogens is 1. The number of hydrogen-bond donors (Lipinski definition) is 1. The normalized spacial score (nSPS) is 9.50. The quantitative estimate of drug-likeness (QED) is 0.635. The molecule has 0 spiro atoms. The van der Waals surface area contributed by atoms with Gasteiger partial charge in [0.2, 0.25) is 5.95 Å². The highest BCUT2D eigenvalue weighted by atomic mass is 35.5. The van der Waals surface area contributed by atoms with Crippen LogP contribution < -0.4 is 5.32 Å². The van der Waals surface area contributed by atoms with Gasteiger partial charge in [-0.05, 0) is 6.07 Å². The lowest BCUT2D eigenvalue weighted by atomic mass is 10.4. The van der Waals surface area contributed by atoms with Crippen LogP contribution in [-0.2, 0) is 0 Å². The number of halogens is 2. The minimum atomic E-state index is -0.638. The molecule has 0 aliphatic rings. The van der Waals surface area contributed by atoms with Gasteiger partial charge in [-0.25, -0.2) is 4.98 Å². The van der Waals surface area contributed by atoms with Gasteiger partial charge in [0.05, 0.1) is 16.9 Å². The van der Waals surface area contributed by atoms with E-state index in [1.807, 2.05) is 0 Å². The van der Waals surface area contributed by atoms with Crippen molar-refractivity contribution in [2.45, 2.75) is 0 Å². The van der Waals surface area contributed by atoms with Gasteiger partial charge in [-0.3, -0.25) is 0 Å². The highest BCUT2D eigenvalue weighted by Crippen LogP contribution is 2.15. The zero-order chi connectivity index (χ0) is 7.56. The molecule has 0 amide bonds. The van der Waals surface area contributed by atoms with Crippen LogP contribution in [0.1, 0.15) is 0 Å². The summed E-state index contributed by atoms with van der Waals surface area (Å²) in [5, 5.41) is 2.82. The Morgan fingerprint density at radius 1 is 1.70 bits per heavy atom. The first-order valence-corrected chi connectivity index (χ1v) is 3.10. The van der Waals surface area contributed by atoms with E-state index in [1.54, 1.807) is 7.05 Å². The Hall–Kier alpha value is -0.830. The Balaban J connectivity index is 3.04. The molecule has 54 valence electrons. The minimum Gasteiger partial charge on any atom is -0.387 e. The molecule has 4 heteroatoms. The van der Waals surface area contributed by atoms with Crippen LogP contribution in [0.5, 0.6) is 0 Å². The second-order valence-corrected chi connectivity index (χ2v) is 2.15. The van der Waals surface area contributed by atoms with E-state index in [9.17, 15) is 4.39 Å². The summed E-state index contributed by atoms with van der Waals surface area (Å²) < 4.78 is 12.4. The summed E-state index contributed by atoms with van der Waals surface area (Å²) in [5.41, 5.74) is 0.700. The molecule has 0 unspecified atom stereocenters. The second-order valence-electron chi connectivity index (χ2n) is 1.75. The zero-order valence-corrected chi connectivity index (χ0v) is 6.11. The first-order valence-electron chi connectivity index (χ1n) is 2.73. The average molecular weight is 161 g/mol. The molecule has 0 bridgehead atoms. The number of hydrogen-bond acceptors (Lipinski definition) is 2. The lowest BCUT2D eigenvalue weighted by Gasteiger charge is -1.98. The molecule has 10 heavy (non-hydrogen) atoms. The molecule has 2 nitrogen and oxygen atoms in total. The van der Waals surface area contributed by atoms with Crippen LogP contribution in [0.4, 0.5) is 10.1 Å². The highest BCUT2D eigenvalue weighted by Gasteiger charge is 1.99. The topological polar surface area (TPSA) is 24.9 Å². The molecule has 0 fully saturated rings. The fourth-order valence-electron chi connectivity index (χ4n) is 0.558. The zero-order valence-electron chi connectivity index (χ0n) is 5.36. The van der Waals surface area contributed by atoms with Crippen LogP contribution in [-0.4, -0.2) is 12.0 Å². The van der Waals surface area contributed by atoms with Crippen molar-refractivity contribution in [2.24, 2.45) is 0 Å². The largest absolute Gasteiger partial charge is 0.387 e. The monoisotopic (exact) mass is 160 g/mol. The molecule has 0 aliphatic heterocycles. The van der Waals surface area contributed by atoms with Crippen LogP contribution in [0.25, 0.3) is 0 Å². The van der Waals surface area contributed by atoms with Gasteiger partial charge >= 0.3 is 0 Å². The third-order valence-electron chi connectivity index (χ3n) is 1.08. The van der Waals surface area contributed by atoms with Crippen LogP contribution >= 0.6 is 11.6 Å². The fourth-order valence-corrected chi connectivity index (χ4v) is 0.724. The molecule has 0 saturated carbocycles. The third-order valence-corrected chi connectivity index (χ3v) is 1.35. The lowest BCUT2D eigenvalue weighted by Crippen LogP contribution is -1.91. The minimum absolute atomic E-state index is 0.0341. The molecule has 0 atom stereocenters. The van der Waals surface area contributed by atoms with E-state index in [1.165, 1.54) is 12.3 Å². The molecule has 1 heterocycles. The Bertz CT molecular complexity index is 239. The Morgan fingerprint density at radius 2 is 2.40 bits per heavy atom.